The van der Waals surface area contributed by atoms with Crippen LogP contribution in [0.15, 0.2) is 42.5 Å². The highest BCUT2D eigenvalue weighted by Gasteiger charge is 2.33. The van der Waals surface area contributed by atoms with Crippen molar-refractivity contribution >= 4 is 35.1 Å². The fourth-order valence-corrected chi connectivity index (χ4v) is 7.23. The first-order valence-electron chi connectivity index (χ1n) is 8.13. The number of pyridine rings is 1. The Morgan fingerprint density at radius 2 is 1.50 bits per heavy atom. The van der Waals surface area contributed by atoms with Gasteiger partial charge in [0, 0.05) is 10.7 Å². The van der Waals surface area contributed by atoms with E-state index in [1.54, 1.807) is 6.07 Å². The van der Waals surface area contributed by atoms with Gasteiger partial charge in [-0.25, -0.2) is 4.39 Å². The largest absolute Gasteiger partial charge is 0.257 e. The summed E-state index contributed by atoms with van der Waals surface area (Å²) in [4.78, 5) is 5.02. The molecular formula is C19H22FNSi. The Labute approximate surface area is 132 Å². The van der Waals surface area contributed by atoms with Crippen LogP contribution >= 0.6 is 0 Å². The maximum absolute atomic E-state index is 13.7. The lowest BCUT2D eigenvalue weighted by atomic mass is 10.1. The van der Waals surface area contributed by atoms with E-state index in [4.69, 9.17) is 4.98 Å². The van der Waals surface area contributed by atoms with E-state index in [0.717, 1.165) is 16.3 Å². The Morgan fingerprint density at radius 1 is 0.864 bits per heavy atom. The van der Waals surface area contributed by atoms with Gasteiger partial charge in [0.1, 0.15) is 13.9 Å². The molecule has 0 aliphatic rings. The van der Waals surface area contributed by atoms with Crippen molar-refractivity contribution in [1.29, 1.82) is 0 Å². The van der Waals surface area contributed by atoms with Crippen LogP contribution < -0.4 is 5.32 Å². The summed E-state index contributed by atoms with van der Waals surface area (Å²) in [5.74, 6) is -0.197. The van der Waals surface area contributed by atoms with Crippen molar-refractivity contribution in [2.45, 2.75) is 38.9 Å². The van der Waals surface area contributed by atoms with Gasteiger partial charge < -0.3 is 0 Å². The Balaban J connectivity index is 2.46. The number of nitrogens with zero attached hydrogens (tertiary/aromatic N) is 1. The monoisotopic (exact) mass is 311 g/mol. The Bertz CT molecular complexity index is 816. The molecule has 0 atom stereocenters. The zero-order valence-electron chi connectivity index (χ0n) is 13.5. The highest BCUT2D eigenvalue weighted by Crippen LogP contribution is 2.28. The zero-order valence-corrected chi connectivity index (χ0v) is 14.5. The zero-order chi connectivity index (χ0) is 15.7. The Morgan fingerprint density at radius 3 is 2.14 bits per heavy atom. The smallest absolute Gasteiger partial charge is 0.123 e. The first-order valence-corrected chi connectivity index (χ1v) is 10.8. The fraction of sp³-hybridized carbons (Fsp3) is 0.316. The number of rotatable bonds is 4. The minimum Gasteiger partial charge on any atom is -0.257 e. The first kappa shape index (κ1) is 15.2. The fourth-order valence-electron chi connectivity index (χ4n) is 3.58. The molecule has 2 aromatic carbocycles. The summed E-state index contributed by atoms with van der Waals surface area (Å²) in [6, 6.07) is 16.9. The molecule has 0 bridgehead atoms. The van der Waals surface area contributed by atoms with Crippen molar-refractivity contribution in [3.63, 3.8) is 0 Å². The van der Waals surface area contributed by atoms with Gasteiger partial charge in [-0.1, -0.05) is 63.2 Å². The van der Waals surface area contributed by atoms with Crippen molar-refractivity contribution in [2.24, 2.45) is 0 Å². The van der Waals surface area contributed by atoms with E-state index in [9.17, 15) is 4.39 Å². The highest BCUT2D eigenvalue weighted by atomic mass is 28.3. The lowest BCUT2D eigenvalue weighted by Gasteiger charge is -2.29. The topological polar surface area (TPSA) is 12.9 Å². The third kappa shape index (κ3) is 2.24. The highest BCUT2D eigenvalue weighted by molar-refractivity contribution is 6.92. The number of hydrogen-bond donors (Lipinski definition) is 0. The lowest BCUT2D eigenvalue weighted by molar-refractivity contribution is 0.630. The molecular weight excluding hydrogens is 289 g/mol. The molecule has 0 spiro atoms. The first-order chi connectivity index (χ1) is 10.6. The second kappa shape index (κ2) is 5.80. The molecule has 0 aliphatic heterocycles. The second-order valence-electron chi connectivity index (χ2n) is 6.01. The van der Waals surface area contributed by atoms with Crippen molar-refractivity contribution in [3.8, 4) is 0 Å². The van der Waals surface area contributed by atoms with Gasteiger partial charge in [-0.2, -0.15) is 0 Å². The van der Waals surface area contributed by atoms with E-state index in [2.05, 4.69) is 39.0 Å². The minimum atomic E-state index is -1.59. The van der Waals surface area contributed by atoms with Crippen molar-refractivity contribution in [2.75, 3.05) is 0 Å². The Hall–Kier alpha value is -1.74. The summed E-state index contributed by atoms with van der Waals surface area (Å²) in [5, 5.41) is 4.58. The van der Waals surface area contributed by atoms with Gasteiger partial charge in [0.15, 0.2) is 0 Å². The predicted molar refractivity (Wildman–Crippen MR) is 96.0 cm³/mol. The number of halogens is 1. The molecule has 22 heavy (non-hydrogen) atoms. The average Bonchev–Trinajstić information content (AvgIpc) is 2.57. The summed E-state index contributed by atoms with van der Waals surface area (Å²) < 4.78 is 13.7. The van der Waals surface area contributed by atoms with Crippen LogP contribution in [0.3, 0.4) is 0 Å². The Kier molecular flexibility index (Phi) is 4.00. The van der Waals surface area contributed by atoms with E-state index in [1.165, 1.54) is 34.9 Å². The molecule has 0 amide bonds. The van der Waals surface area contributed by atoms with E-state index in [1.807, 2.05) is 12.1 Å². The SMILES string of the molecule is CC[Si](CC)(CC)c1nc2ccc(F)cc2c2ccccc12. The molecule has 0 saturated carbocycles. The molecule has 0 fully saturated rings. The van der Waals surface area contributed by atoms with Crippen molar-refractivity contribution in [1.82, 2.24) is 4.98 Å². The van der Waals surface area contributed by atoms with E-state index in [0.29, 0.717) is 0 Å². The summed E-state index contributed by atoms with van der Waals surface area (Å²) >= 11 is 0. The molecule has 1 heterocycles. The van der Waals surface area contributed by atoms with Gasteiger partial charge in [0.2, 0.25) is 0 Å². The van der Waals surface area contributed by atoms with Crippen LogP contribution in [-0.2, 0) is 0 Å². The van der Waals surface area contributed by atoms with Crippen molar-refractivity contribution < 1.29 is 4.39 Å². The van der Waals surface area contributed by atoms with Crippen LogP contribution in [-0.4, -0.2) is 13.1 Å². The molecule has 0 aliphatic carbocycles. The van der Waals surface area contributed by atoms with Crippen LogP contribution in [0.25, 0.3) is 21.7 Å². The molecule has 0 unspecified atom stereocenters. The number of fused-ring (bicyclic) bond motifs is 3. The predicted octanol–water partition coefficient (Wildman–Crippen LogP) is 5.24. The minimum absolute atomic E-state index is 0.197. The van der Waals surface area contributed by atoms with Crippen LogP contribution in [0.1, 0.15) is 20.8 Å². The number of hydrogen-bond acceptors (Lipinski definition) is 1. The van der Waals surface area contributed by atoms with E-state index < -0.39 is 8.07 Å². The van der Waals surface area contributed by atoms with Gasteiger partial charge in [0.05, 0.1) is 5.52 Å². The third-order valence-corrected chi connectivity index (χ3v) is 10.6. The molecule has 114 valence electrons. The van der Waals surface area contributed by atoms with Gasteiger partial charge >= 0.3 is 0 Å². The third-order valence-electron chi connectivity index (χ3n) is 5.20. The quantitative estimate of drug-likeness (QED) is 0.474. The lowest BCUT2D eigenvalue weighted by Crippen LogP contribution is -2.48. The molecule has 3 rings (SSSR count). The van der Waals surface area contributed by atoms with Crippen LogP contribution in [0.5, 0.6) is 0 Å². The van der Waals surface area contributed by atoms with E-state index in [-0.39, 0.29) is 5.82 Å². The molecule has 1 nitrogen and oxygen atoms in total. The second-order valence-corrected chi connectivity index (χ2v) is 11.2. The van der Waals surface area contributed by atoms with Crippen molar-refractivity contribution in [3.05, 3.63) is 48.3 Å². The van der Waals surface area contributed by atoms with Crippen LogP contribution in [0.2, 0.25) is 18.1 Å². The number of aromatic nitrogens is 1. The average molecular weight is 311 g/mol. The van der Waals surface area contributed by atoms with Gasteiger partial charge in [-0.3, -0.25) is 4.98 Å². The normalized spacial score (nSPS) is 12.2. The molecule has 0 N–H and O–H groups in total. The molecule has 3 heteroatoms. The van der Waals surface area contributed by atoms with Gasteiger partial charge in [0.25, 0.3) is 0 Å². The van der Waals surface area contributed by atoms with Crippen LogP contribution in [0, 0.1) is 5.82 Å². The number of benzene rings is 2. The summed E-state index contributed by atoms with van der Waals surface area (Å²) in [5.41, 5.74) is 0.919. The standard InChI is InChI=1S/C19H22FNSi/c1-4-22(5-2,6-3)19-16-10-8-7-9-15(16)17-13-14(20)11-12-18(17)21-19/h7-13H,4-6H2,1-3H3. The molecule has 0 radical (unpaired) electrons. The maximum atomic E-state index is 13.7. The molecule has 1 aromatic heterocycles. The van der Waals surface area contributed by atoms with E-state index >= 15 is 0 Å². The summed E-state index contributed by atoms with van der Waals surface area (Å²) in [7, 11) is -1.59. The van der Waals surface area contributed by atoms with Crippen LogP contribution in [0.4, 0.5) is 4.39 Å². The summed E-state index contributed by atoms with van der Waals surface area (Å²) in [6.07, 6.45) is 0. The molecule has 0 saturated heterocycles. The van der Waals surface area contributed by atoms with Gasteiger partial charge in [-0.05, 0) is 29.0 Å². The van der Waals surface area contributed by atoms with Gasteiger partial charge in [-0.15, -0.1) is 0 Å². The maximum Gasteiger partial charge on any atom is 0.123 e. The molecule has 3 aromatic rings. The summed E-state index contributed by atoms with van der Waals surface area (Å²) in [6.45, 7) is 6.89.